The summed E-state index contributed by atoms with van der Waals surface area (Å²) in [6.45, 7) is 0. The van der Waals surface area contributed by atoms with E-state index in [1.807, 2.05) is 0 Å². The van der Waals surface area contributed by atoms with Crippen molar-refractivity contribution in [1.29, 1.82) is 0 Å². The SMILES string of the molecule is Clc1[c]nsn1. The van der Waals surface area contributed by atoms with Crippen molar-refractivity contribution in [2.24, 2.45) is 0 Å². The molecule has 0 aliphatic heterocycles. The molecule has 0 aromatic carbocycles. The van der Waals surface area contributed by atoms with Crippen molar-refractivity contribution in [2.45, 2.75) is 0 Å². The Morgan fingerprint density at radius 3 is 2.83 bits per heavy atom. The number of rotatable bonds is 0. The van der Waals surface area contributed by atoms with Crippen LogP contribution in [0.1, 0.15) is 0 Å². The van der Waals surface area contributed by atoms with Crippen LogP contribution in [0, 0.1) is 6.20 Å². The number of aromatic nitrogens is 2. The van der Waals surface area contributed by atoms with Gasteiger partial charge in [-0.2, -0.15) is 8.75 Å². The second-order valence-electron chi connectivity index (χ2n) is 0.667. The summed E-state index contributed by atoms with van der Waals surface area (Å²) < 4.78 is 7.05. The molecule has 1 rings (SSSR count). The molecule has 0 saturated heterocycles. The Labute approximate surface area is 44.1 Å². The first-order valence-electron chi connectivity index (χ1n) is 1.25. The number of nitrogens with zero attached hydrogens (tertiary/aromatic N) is 2. The molecule has 2 nitrogen and oxygen atoms in total. The third kappa shape index (κ3) is 0.666. The maximum Gasteiger partial charge on any atom is 0.172 e. The highest BCUT2D eigenvalue weighted by Gasteiger charge is 1.83. The molecule has 6 heavy (non-hydrogen) atoms. The molecule has 1 radical (unpaired) electrons. The third-order valence-electron chi connectivity index (χ3n) is 0.300. The van der Waals surface area contributed by atoms with Crippen molar-refractivity contribution in [1.82, 2.24) is 8.75 Å². The van der Waals surface area contributed by atoms with Gasteiger partial charge in [0.2, 0.25) is 0 Å². The van der Waals surface area contributed by atoms with Gasteiger partial charge < -0.3 is 0 Å². The van der Waals surface area contributed by atoms with Gasteiger partial charge >= 0.3 is 0 Å². The van der Waals surface area contributed by atoms with Crippen LogP contribution in [0.25, 0.3) is 0 Å². The quantitative estimate of drug-likeness (QED) is 0.509. The van der Waals surface area contributed by atoms with Gasteiger partial charge in [-0.15, -0.1) is 0 Å². The molecule has 4 heteroatoms. The highest BCUT2D eigenvalue weighted by atomic mass is 35.5. The van der Waals surface area contributed by atoms with Crippen LogP contribution < -0.4 is 0 Å². The smallest absolute Gasteiger partial charge is 0.169 e. The van der Waals surface area contributed by atoms with E-state index in [4.69, 9.17) is 11.6 Å². The van der Waals surface area contributed by atoms with E-state index in [-0.39, 0.29) is 0 Å². The topological polar surface area (TPSA) is 25.8 Å². The van der Waals surface area contributed by atoms with Crippen LogP contribution in [0.5, 0.6) is 0 Å². The predicted molar refractivity (Wildman–Crippen MR) is 23.8 cm³/mol. The normalized spacial score (nSPS) is 8.83. The first kappa shape index (κ1) is 4.02. The maximum absolute atomic E-state index is 5.24. The lowest BCUT2D eigenvalue weighted by Crippen LogP contribution is -1.48. The van der Waals surface area contributed by atoms with Crippen molar-refractivity contribution >= 4 is 23.3 Å². The summed E-state index contributed by atoms with van der Waals surface area (Å²) in [5.74, 6) is 0. The van der Waals surface area contributed by atoms with Gasteiger partial charge in [0.25, 0.3) is 0 Å². The molecule has 31 valence electrons. The Hall–Kier alpha value is -0.150. The molecule has 0 bridgehead atoms. The lowest BCUT2D eigenvalue weighted by Gasteiger charge is -1.56. The molecule has 0 aliphatic rings. The molecule has 0 spiro atoms. The Morgan fingerprint density at radius 2 is 2.67 bits per heavy atom. The van der Waals surface area contributed by atoms with Crippen LogP contribution in [0.3, 0.4) is 0 Å². The van der Waals surface area contributed by atoms with Gasteiger partial charge in [-0.3, -0.25) is 0 Å². The molecule has 0 amide bonds. The van der Waals surface area contributed by atoms with E-state index in [1.54, 1.807) is 0 Å². The first-order chi connectivity index (χ1) is 2.89. The Balaban J connectivity index is 3.05. The zero-order valence-electron chi connectivity index (χ0n) is 2.68. The Kier molecular flexibility index (Phi) is 1.03. The summed E-state index contributed by atoms with van der Waals surface area (Å²) in [4.78, 5) is 0. The number of hydrogen-bond donors (Lipinski definition) is 0. The van der Waals surface area contributed by atoms with Crippen molar-refractivity contribution in [3.8, 4) is 0 Å². The number of halogens is 1. The van der Waals surface area contributed by atoms with Gasteiger partial charge in [0.05, 0.1) is 11.7 Å². The van der Waals surface area contributed by atoms with Gasteiger partial charge in [-0.05, 0) is 0 Å². The summed E-state index contributed by atoms with van der Waals surface area (Å²) >= 11 is 6.29. The minimum atomic E-state index is 0.347. The van der Waals surface area contributed by atoms with E-state index < -0.39 is 0 Å². The predicted octanol–water partition coefficient (Wildman–Crippen LogP) is 0.992. The molecular weight excluding hydrogens is 120 g/mol. The van der Waals surface area contributed by atoms with Crippen LogP contribution in [0.4, 0.5) is 0 Å². The lowest BCUT2D eigenvalue weighted by molar-refractivity contribution is 1.51. The fraction of sp³-hybridized carbons (Fsp3) is 0. The van der Waals surface area contributed by atoms with Crippen LogP contribution in [-0.4, -0.2) is 8.75 Å². The lowest BCUT2D eigenvalue weighted by atomic mass is 11.0. The summed E-state index contributed by atoms with van der Waals surface area (Å²) in [5, 5.41) is 0.347. The average Bonchev–Trinajstić information content (AvgIpc) is 1.86. The zero-order chi connectivity index (χ0) is 4.41. The standard InChI is InChI=1S/C2ClN2S/c3-2-1-4-6-5-2. The van der Waals surface area contributed by atoms with Gasteiger partial charge in [-0.1, -0.05) is 11.6 Å². The monoisotopic (exact) mass is 119 g/mol. The molecule has 1 aromatic rings. The van der Waals surface area contributed by atoms with Crippen LogP contribution in [0.2, 0.25) is 5.15 Å². The minimum absolute atomic E-state index is 0.347. The number of hydrogen-bond acceptors (Lipinski definition) is 3. The van der Waals surface area contributed by atoms with Crippen molar-refractivity contribution in [3.05, 3.63) is 11.3 Å². The van der Waals surface area contributed by atoms with E-state index in [2.05, 4.69) is 14.9 Å². The largest absolute Gasteiger partial charge is 0.172 e. The fourth-order valence-corrected chi connectivity index (χ4v) is 0.600. The summed E-state index contributed by atoms with van der Waals surface area (Å²) in [6.07, 6.45) is 2.42. The van der Waals surface area contributed by atoms with E-state index in [1.165, 1.54) is 0 Å². The van der Waals surface area contributed by atoms with E-state index >= 15 is 0 Å². The van der Waals surface area contributed by atoms with E-state index in [0.29, 0.717) is 5.15 Å². The van der Waals surface area contributed by atoms with E-state index in [9.17, 15) is 0 Å². The van der Waals surface area contributed by atoms with Crippen LogP contribution in [-0.2, 0) is 0 Å². The average molecular weight is 120 g/mol. The van der Waals surface area contributed by atoms with Crippen LogP contribution >= 0.6 is 23.3 Å². The fourth-order valence-electron chi connectivity index (χ4n) is 0.135. The summed E-state index contributed by atoms with van der Waals surface area (Å²) in [6, 6.07) is 0. The molecular formula is C2ClN2S. The van der Waals surface area contributed by atoms with Crippen LogP contribution in [0.15, 0.2) is 0 Å². The summed E-state index contributed by atoms with van der Waals surface area (Å²) in [7, 11) is 0. The molecule has 0 aliphatic carbocycles. The Morgan fingerprint density at radius 1 is 1.83 bits per heavy atom. The second-order valence-corrected chi connectivity index (χ2v) is 1.55. The maximum atomic E-state index is 5.24. The molecule has 0 atom stereocenters. The Bertz CT molecular complexity index is 115. The van der Waals surface area contributed by atoms with Crippen molar-refractivity contribution in [3.63, 3.8) is 0 Å². The highest BCUT2D eigenvalue weighted by Crippen LogP contribution is 1.98. The molecule has 1 aromatic heterocycles. The van der Waals surface area contributed by atoms with E-state index in [0.717, 1.165) is 11.7 Å². The zero-order valence-corrected chi connectivity index (χ0v) is 4.25. The van der Waals surface area contributed by atoms with Gasteiger partial charge in [-0.25, -0.2) is 0 Å². The van der Waals surface area contributed by atoms with Gasteiger partial charge in [0.1, 0.15) is 6.20 Å². The van der Waals surface area contributed by atoms with Gasteiger partial charge in [0.15, 0.2) is 5.15 Å². The first-order valence-corrected chi connectivity index (χ1v) is 2.36. The molecule has 0 N–H and O–H groups in total. The second kappa shape index (κ2) is 1.53. The highest BCUT2D eigenvalue weighted by molar-refractivity contribution is 6.99. The molecule has 0 unspecified atom stereocenters. The minimum Gasteiger partial charge on any atom is -0.169 e. The van der Waals surface area contributed by atoms with Crippen molar-refractivity contribution < 1.29 is 0 Å². The molecule has 0 fully saturated rings. The molecule has 0 saturated carbocycles. The third-order valence-corrected chi connectivity index (χ3v) is 1.01. The molecule has 1 heterocycles. The van der Waals surface area contributed by atoms with Gasteiger partial charge in [0, 0.05) is 0 Å². The van der Waals surface area contributed by atoms with Crippen molar-refractivity contribution in [2.75, 3.05) is 0 Å². The summed E-state index contributed by atoms with van der Waals surface area (Å²) in [5.41, 5.74) is 0.